The normalized spacial score (nSPS) is 11.6. The van der Waals surface area contributed by atoms with E-state index in [1.54, 1.807) is 18.2 Å². The first kappa shape index (κ1) is 24.7. The number of esters is 1. The lowest BCUT2D eigenvalue weighted by Gasteiger charge is -2.17. The quantitative estimate of drug-likeness (QED) is 0.343. The molecular weight excluding hydrogens is 471 g/mol. The number of rotatable bonds is 9. The minimum atomic E-state index is -0.818. The van der Waals surface area contributed by atoms with E-state index < -0.39 is 29.4 Å². The summed E-state index contributed by atoms with van der Waals surface area (Å²) in [5, 5.41) is 3.20. The van der Waals surface area contributed by atoms with Crippen LogP contribution in [0.4, 0.5) is 14.5 Å². The van der Waals surface area contributed by atoms with Crippen LogP contribution in [0.3, 0.4) is 0 Å². The van der Waals surface area contributed by atoms with Crippen LogP contribution >= 0.6 is 23.2 Å². The van der Waals surface area contributed by atoms with Gasteiger partial charge in [-0.1, -0.05) is 65.7 Å². The Hall–Kier alpha value is -2.96. The zero-order chi connectivity index (χ0) is 23.8. The van der Waals surface area contributed by atoms with Crippen molar-refractivity contribution >= 4 is 40.8 Å². The second-order valence-electron chi connectivity index (χ2n) is 7.41. The smallest absolute Gasteiger partial charge is 0.309 e. The first-order valence-electron chi connectivity index (χ1n) is 10.2. The van der Waals surface area contributed by atoms with Gasteiger partial charge in [0.05, 0.1) is 21.7 Å². The third-order valence-electron chi connectivity index (χ3n) is 4.99. The highest BCUT2D eigenvalue weighted by molar-refractivity contribution is 6.39. The molecular formula is C25H21Cl2F2NO3. The Labute approximate surface area is 200 Å². The minimum Gasteiger partial charge on any atom is -0.461 e. The summed E-state index contributed by atoms with van der Waals surface area (Å²) in [6.07, 6.45) is -0.0202. The van der Waals surface area contributed by atoms with E-state index in [2.05, 4.69) is 5.32 Å². The van der Waals surface area contributed by atoms with Gasteiger partial charge in [0.1, 0.15) is 18.2 Å². The largest absolute Gasteiger partial charge is 0.461 e. The first-order valence-corrected chi connectivity index (χ1v) is 11.0. The standard InChI is InChI=1S/C25H21Cl2F2NO3/c26-20-7-4-8-21(27)24(20)30-23(31)12-10-18(13-17-9-11-19(28)14-22(17)29)25(32)33-15-16-5-2-1-3-6-16/h1-9,11,14,18H,10,12-13,15H2,(H,30,31)/t18-/m1/s1. The number of benzene rings is 3. The summed E-state index contributed by atoms with van der Waals surface area (Å²) in [4.78, 5) is 25.3. The Kier molecular flexibility index (Phi) is 8.80. The van der Waals surface area contributed by atoms with Crippen molar-refractivity contribution in [2.24, 2.45) is 5.92 Å². The highest BCUT2D eigenvalue weighted by Crippen LogP contribution is 2.30. The molecule has 1 amide bonds. The number of anilines is 1. The van der Waals surface area contributed by atoms with Crippen molar-refractivity contribution in [1.29, 1.82) is 0 Å². The maximum absolute atomic E-state index is 14.2. The van der Waals surface area contributed by atoms with Gasteiger partial charge in [-0.25, -0.2) is 8.78 Å². The van der Waals surface area contributed by atoms with Crippen molar-refractivity contribution in [1.82, 2.24) is 0 Å². The van der Waals surface area contributed by atoms with Gasteiger partial charge in [-0.15, -0.1) is 0 Å². The summed E-state index contributed by atoms with van der Waals surface area (Å²) in [6.45, 7) is 0.0451. The van der Waals surface area contributed by atoms with Gasteiger partial charge in [-0.3, -0.25) is 9.59 Å². The summed E-state index contributed by atoms with van der Waals surface area (Å²) in [6, 6.07) is 17.1. The van der Waals surface area contributed by atoms with Gasteiger partial charge in [-0.05, 0) is 42.2 Å². The average Bonchev–Trinajstić information content (AvgIpc) is 2.79. The van der Waals surface area contributed by atoms with Crippen LogP contribution in [0, 0.1) is 17.6 Å². The molecule has 0 aliphatic carbocycles. The van der Waals surface area contributed by atoms with Gasteiger partial charge >= 0.3 is 5.97 Å². The molecule has 0 spiro atoms. The number of carbonyl (C=O) groups excluding carboxylic acids is 2. The summed E-state index contributed by atoms with van der Waals surface area (Å²) in [7, 11) is 0. The lowest BCUT2D eigenvalue weighted by molar-refractivity contribution is -0.150. The molecule has 0 aliphatic rings. The summed E-state index contributed by atoms with van der Waals surface area (Å²) in [5.41, 5.74) is 1.23. The average molecular weight is 492 g/mol. The fourth-order valence-electron chi connectivity index (χ4n) is 3.23. The van der Waals surface area contributed by atoms with Gasteiger partial charge in [0, 0.05) is 12.5 Å². The van der Waals surface area contributed by atoms with Crippen molar-refractivity contribution in [2.75, 3.05) is 5.32 Å². The molecule has 3 rings (SSSR count). The van der Waals surface area contributed by atoms with Crippen LogP contribution in [0.1, 0.15) is 24.0 Å². The van der Waals surface area contributed by atoms with Gasteiger partial charge in [0.15, 0.2) is 0 Å². The van der Waals surface area contributed by atoms with Crippen molar-refractivity contribution in [2.45, 2.75) is 25.9 Å². The van der Waals surface area contributed by atoms with Crippen molar-refractivity contribution < 1.29 is 23.1 Å². The lowest BCUT2D eigenvalue weighted by atomic mass is 9.94. The molecule has 0 radical (unpaired) electrons. The maximum Gasteiger partial charge on any atom is 0.309 e. The second kappa shape index (κ2) is 11.8. The molecule has 3 aromatic carbocycles. The Balaban J connectivity index is 1.68. The SMILES string of the molecule is O=C(CC[C@H](Cc1ccc(F)cc1F)C(=O)OCc1ccccc1)Nc1c(Cl)cccc1Cl. The second-order valence-corrected chi connectivity index (χ2v) is 8.23. The number of ether oxygens (including phenoxy) is 1. The number of amides is 1. The van der Waals surface area contributed by atoms with Gasteiger partial charge in [0.2, 0.25) is 5.91 Å². The van der Waals surface area contributed by atoms with E-state index in [-0.39, 0.29) is 47.2 Å². The molecule has 0 fully saturated rings. The number of carbonyl (C=O) groups is 2. The lowest BCUT2D eigenvalue weighted by Crippen LogP contribution is -2.23. The van der Waals surface area contributed by atoms with Crippen LogP contribution in [0.5, 0.6) is 0 Å². The van der Waals surface area contributed by atoms with Crippen LogP contribution < -0.4 is 5.32 Å². The molecule has 172 valence electrons. The molecule has 8 heteroatoms. The number of halogens is 4. The molecule has 1 N–H and O–H groups in total. The van der Waals surface area contributed by atoms with E-state index in [0.29, 0.717) is 0 Å². The number of nitrogens with one attached hydrogen (secondary N) is 1. The number of hydrogen-bond acceptors (Lipinski definition) is 3. The molecule has 33 heavy (non-hydrogen) atoms. The Bertz CT molecular complexity index is 1110. The highest BCUT2D eigenvalue weighted by Gasteiger charge is 2.24. The molecule has 3 aromatic rings. The zero-order valence-electron chi connectivity index (χ0n) is 17.5. The fraction of sp³-hybridized carbons (Fsp3) is 0.200. The molecule has 0 bridgehead atoms. The summed E-state index contributed by atoms with van der Waals surface area (Å²) in [5.74, 6) is -3.28. The van der Waals surface area contributed by atoms with Crippen LogP contribution in [-0.2, 0) is 27.4 Å². The van der Waals surface area contributed by atoms with E-state index in [0.717, 1.165) is 17.7 Å². The van der Waals surface area contributed by atoms with Crippen molar-refractivity contribution in [3.8, 4) is 0 Å². The van der Waals surface area contributed by atoms with Gasteiger partial charge in [0.25, 0.3) is 0 Å². The van der Waals surface area contributed by atoms with Crippen LogP contribution in [0.15, 0.2) is 66.7 Å². The molecule has 0 saturated carbocycles. The van der Waals surface area contributed by atoms with Crippen LogP contribution in [0.2, 0.25) is 10.0 Å². The Morgan fingerprint density at radius 2 is 1.64 bits per heavy atom. The minimum absolute atomic E-state index is 0.0418. The fourth-order valence-corrected chi connectivity index (χ4v) is 3.72. The van der Waals surface area contributed by atoms with E-state index in [4.69, 9.17) is 27.9 Å². The number of para-hydroxylation sites is 1. The molecule has 4 nitrogen and oxygen atoms in total. The van der Waals surface area contributed by atoms with E-state index in [1.807, 2.05) is 30.3 Å². The van der Waals surface area contributed by atoms with Crippen molar-refractivity contribution in [3.63, 3.8) is 0 Å². The van der Waals surface area contributed by atoms with E-state index in [9.17, 15) is 18.4 Å². The van der Waals surface area contributed by atoms with E-state index in [1.165, 1.54) is 6.07 Å². The Morgan fingerprint density at radius 3 is 2.30 bits per heavy atom. The monoisotopic (exact) mass is 491 g/mol. The number of hydrogen-bond donors (Lipinski definition) is 1. The maximum atomic E-state index is 14.2. The summed E-state index contributed by atoms with van der Waals surface area (Å²) < 4.78 is 32.9. The third-order valence-corrected chi connectivity index (χ3v) is 5.62. The summed E-state index contributed by atoms with van der Waals surface area (Å²) >= 11 is 12.2. The predicted octanol–water partition coefficient (Wildman–Crippen LogP) is 6.59. The molecule has 0 aliphatic heterocycles. The van der Waals surface area contributed by atoms with E-state index >= 15 is 0 Å². The van der Waals surface area contributed by atoms with Crippen LogP contribution in [0.25, 0.3) is 0 Å². The predicted molar refractivity (Wildman–Crippen MR) is 124 cm³/mol. The highest BCUT2D eigenvalue weighted by atomic mass is 35.5. The topological polar surface area (TPSA) is 55.4 Å². The molecule has 0 heterocycles. The van der Waals surface area contributed by atoms with Crippen LogP contribution in [-0.4, -0.2) is 11.9 Å². The molecule has 1 atom stereocenters. The Morgan fingerprint density at radius 1 is 0.939 bits per heavy atom. The van der Waals surface area contributed by atoms with Gasteiger partial charge in [-0.2, -0.15) is 0 Å². The first-order chi connectivity index (χ1) is 15.8. The molecule has 0 unspecified atom stereocenters. The zero-order valence-corrected chi connectivity index (χ0v) is 19.0. The van der Waals surface area contributed by atoms with Gasteiger partial charge < -0.3 is 10.1 Å². The van der Waals surface area contributed by atoms with Crippen molar-refractivity contribution in [3.05, 3.63) is 99.5 Å². The third kappa shape index (κ3) is 7.27. The molecule has 0 saturated heterocycles. The molecule has 0 aromatic heterocycles.